The highest BCUT2D eigenvalue weighted by molar-refractivity contribution is 5.51. The molecule has 0 aliphatic heterocycles. The number of aliphatic hydroxyl groups is 1. The van der Waals surface area contributed by atoms with E-state index in [1.165, 1.54) is 0 Å². The molecule has 13 heavy (non-hydrogen) atoms. The van der Waals surface area contributed by atoms with Crippen LogP contribution in [0.2, 0.25) is 0 Å². The SMILES string of the molecule is O=CCC(O)c1ccc(F)cc1F. The van der Waals surface area contributed by atoms with Gasteiger partial charge in [0, 0.05) is 18.1 Å². The van der Waals surface area contributed by atoms with E-state index in [0.29, 0.717) is 12.4 Å². The third kappa shape index (κ3) is 2.32. The van der Waals surface area contributed by atoms with E-state index in [0.717, 1.165) is 12.1 Å². The van der Waals surface area contributed by atoms with Gasteiger partial charge in [0.05, 0.1) is 6.10 Å². The van der Waals surface area contributed by atoms with Crippen LogP contribution in [0, 0.1) is 11.6 Å². The quantitative estimate of drug-likeness (QED) is 0.728. The van der Waals surface area contributed by atoms with Crippen molar-refractivity contribution in [3.8, 4) is 0 Å². The largest absolute Gasteiger partial charge is 0.388 e. The summed E-state index contributed by atoms with van der Waals surface area (Å²) >= 11 is 0. The van der Waals surface area contributed by atoms with E-state index in [9.17, 15) is 18.7 Å². The number of aldehydes is 1. The first-order valence-electron chi connectivity index (χ1n) is 3.72. The summed E-state index contributed by atoms with van der Waals surface area (Å²) in [4.78, 5) is 10.0. The molecule has 0 saturated heterocycles. The van der Waals surface area contributed by atoms with Crippen molar-refractivity contribution >= 4 is 6.29 Å². The van der Waals surface area contributed by atoms with Gasteiger partial charge in [0.25, 0.3) is 0 Å². The topological polar surface area (TPSA) is 37.3 Å². The zero-order chi connectivity index (χ0) is 9.84. The lowest BCUT2D eigenvalue weighted by molar-refractivity contribution is -0.109. The molecule has 1 aromatic rings. The van der Waals surface area contributed by atoms with Gasteiger partial charge in [0.2, 0.25) is 0 Å². The monoisotopic (exact) mass is 186 g/mol. The van der Waals surface area contributed by atoms with Crippen molar-refractivity contribution in [2.45, 2.75) is 12.5 Å². The van der Waals surface area contributed by atoms with Crippen LogP contribution < -0.4 is 0 Å². The van der Waals surface area contributed by atoms with Gasteiger partial charge in [-0.15, -0.1) is 0 Å². The zero-order valence-electron chi connectivity index (χ0n) is 6.71. The second-order valence-electron chi connectivity index (χ2n) is 2.58. The molecule has 0 aromatic heterocycles. The van der Waals surface area contributed by atoms with Gasteiger partial charge in [-0.05, 0) is 6.07 Å². The van der Waals surface area contributed by atoms with Gasteiger partial charge in [0.15, 0.2) is 0 Å². The molecular formula is C9H8F2O2. The van der Waals surface area contributed by atoms with Crippen LogP contribution in [0.5, 0.6) is 0 Å². The second kappa shape index (κ2) is 4.09. The normalized spacial score (nSPS) is 12.5. The summed E-state index contributed by atoms with van der Waals surface area (Å²) in [5.74, 6) is -1.55. The molecule has 1 unspecified atom stereocenters. The summed E-state index contributed by atoms with van der Waals surface area (Å²) in [5, 5.41) is 9.20. The third-order valence-corrected chi connectivity index (χ3v) is 1.64. The van der Waals surface area contributed by atoms with Crippen molar-refractivity contribution < 1.29 is 18.7 Å². The fourth-order valence-electron chi connectivity index (χ4n) is 0.990. The minimum Gasteiger partial charge on any atom is -0.388 e. The minimum atomic E-state index is -1.20. The maximum atomic E-state index is 12.9. The van der Waals surface area contributed by atoms with Crippen LogP contribution in [0.4, 0.5) is 8.78 Å². The van der Waals surface area contributed by atoms with E-state index >= 15 is 0 Å². The summed E-state index contributed by atoms with van der Waals surface area (Å²) in [5.41, 5.74) is -0.0616. The lowest BCUT2D eigenvalue weighted by Gasteiger charge is -2.07. The van der Waals surface area contributed by atoms with Gasteiger partial charge in [-0.2, -0.15) is 0 Å². The fraction of sp³-hybridized carbons (Fsp3) is 0.222. The zero-order valence-corrected chi connectivity index (χ0v) is 6.71. The molecule has 4 heteroatoms. The molecule has 1 aromatic carbocycles. The van der Waals surface area contributed by atoms with Gasteiger partial charge in [-0.3, -0.25) is 0 Å². The molecule has 0 bridgehead atoms. The number of carbonyl (C=O) groups excluding carboxylic acids is 1. The fourth-order valence-corrected chi connectivity index (χ4v) is 0.990. The number of benzene rings is 1. The first-order chi connectivity index (χ1) is 6.15. The van der Waals surface area contributed by atoms with Gasteiger partial charge in [-0.25, -0.2) is 8.78 Å². The van der Waals surface area contributed by atoms with Crippen molar-refractivity contribution in [3.05, 3.63) is 35.4 Å². The molecule has 1 N–H and O–H groups in total. The molecule has 0 heterocycles. The molecular weight excluding hydrogens is 178 g/mol. The highest BCUT2D eigenvalue weighted by Crippen LogP contribution is 2.19. The summed E-state index contributed by atoms with van der Waals surface area (Å²) < 4.78 is 25.3. The summed E-state index contributed by atoms with van der Waals surface area (Å²) in [6.07, 6.45) is -0.908. The van der Waals surface area contributed by atoms with Crippen molar-refractivity contribution in [1.29, 1.82) is 0 Å². The molecule has 0 spiro atoms. The van der Waals surface area contributed by atoms with Crippen LogP contribution in [0.25, 0.3) is 0 Å². The maximum Gasteiger partial charge on any atom is 0.131 e. The Morgan fingerprint density at radius 3 is 2.69 bits per heavy atom. The van der Waals surface area contributed by atoms with Crippen LogP contribution in [0.15, 0.2) is 18.2 Å². The van der Waals surface area contributed by atoms with Crippen LogP contribution in [0.1, 0.15) is 18.1 Å². The summed E-state index contributed by atoms with van der Waals surface area (Å²) in [6.45, 7) is 0. The first-order valence-corrected chi connectivity index (χ1v) is 3.72. The number of halogens is 2. The third-order valence-electron chi connectivity index (χ3n) is 1.64. The number of hydrogen-bond acceptors (Lipinski definition) is 2. The Morgan fingerprint density at radius 2 is 2.15 bits per heavy atom. The predicted octanol–water partition coefficient (Wildman–Crippen LogP) is 1.59. The molecule has 0 fully saturated rings. The van der Waals surface area contributed by atoms with Crippen molar-refractivity contribution in [3.63, 3.8) is 0 Å². The smallest absolute Gasteiger partial charge is 0.131 e. The number of rotatable bonds is 3. The number of aliphatic hydroxyl groups excluding tert-OH is 1. The lowest BCUT2D eigenvalue weighted by atomic mass is 10.1. The van der Waals surface area contributed by atoms with Gasteiger partial charge in [0.1, 0.15) is 17.9 Å². The Balaban J connectivity index is 2.94. The van der Waals surface area contributed by atoms with E-state index in [2.05, 4.69) is 0 Å². The highest BCUT2D eigenvalue weighted by Gasteiger charge is 2.12. The van der Waals surface area contributed by atoms with E-state index in [4.69, 9.17) is 0 Å². The van der Waals surface area contributed by atoms with Crippen molar-refractivity contribution in [1.82, 2.24) is 0 Å². The van der Waals surface area contributed by atoms with E-state index < -0.39 is 17.7 Å². The first kappa shape index (κ1) is 9.80. The average molecular weight is 186 g/mol. The Kier molecular flexibility index (Phi) is 3.08. The molecule has 0 aliphatic rings. The van der Waals surface area contributed by atoms with E-state index in [1.807, 2.05) is 0 Å². The predicted molar refractivity (Wildman–Crippen MR) is 42.0 cm³/mol. The van der Waals surface area contributed by atoms with Crippen LogP contribution in [-0.4, -0.2) is 11.4 Å². The Labute approximate surface area is 73.8 Å². The summed E-state index contributed by atoms with van der Waals surface area (Å²) in [6, 6.07) is 2.83. The van der Waals surface area contributed by atoms with Crippen LogP contribution in [-0.2, 0) is 4.79 Å². The Hall–Kier alpha value is -1.29. The minimum absolute atomic E-state index is 0.0616. The maximum absolute atomic E-state index is 12.9. The highest BCUT2D eigenvalue weighted by atomic mass is 19.1. The van der Waals surface area contributed by atoms with E-state index in [-0.39, 0.29) is 12.0 Å². The number of carbonyl (C=O) groups is 1. The molecule has 70 valence electrons. The molecule has 1 rings (SSSR count). The summed E-state index contributed by atoms with van der Waals surface area (Å²) in [7, 11) is 0. The Morgan fingerprint density at radius 1 is 1.46 bits per heavy atom. The standard InChI is InChI=1S/C9H8F2O2/c10-6-1-2-7(8(11)5-6)9(13)3-4-12/h1-2,4-5,9,13H,3H2. The van der Waals surface area contributed by atoms with Crippen molar-refractivity contribution in [2.75, 3.05) is 0 Å². The van der Waals surface area contributed by atoms with Gasteiger partial charge >= 0.3 is 0 Å². The van der Waals surface area contributed by atoms with Gasteiger partial charge < -0.3 is 9.90 Å². The molecule has 2 nitrogen and oxygen atoms in total. The number of hydrogen-bond donors (Lipinski definition) is 1. The average Bonchev–Trinajstić information content (AvgIpc) is 2.04. The molecule has 0 aliphatic carbocycles. The van der Waals surface area contributed by atoms with Crippen LogP contribution >= 0.6 is 0 Å². The molecule has 0 saturated carbocycles. The van der Waals surface area contributed by atoms with E-state index in [1.54, 1.807) is 0 Å². The molecule has 1 atom stereocenters. The second-order valence-corrected chi connectivity index (χ2v) is 2.58. The molecule has 0 amide bonds. The molecule has 0 radical (unpaired) electrons. The lowest BCUT2D eigenvalue weighted by Crippen LogP contribution is -2.01. The van der Waals surface area contributed by atoms with Crippen LogP contribution in [0.3, 0.4) is 0 Å². The van der Waals surface area contributed by atoms with Crippen molar-refractivity contribution in [2.24, 2.45) is 0 Å². The van der Waals surface area contributed by atoms with Gasteiger partial charge in [-0.1, -0.05) is 6.07 Å². The Bertz CT molecular complexity index is 312.